The van der Waals surface area contributed by atoms with Crippen LogP contribution in [0.25, 0.3) is 5.69 Å². The number of rotatable bonds is 2. The van der Waals surface area contributed by atoms with Crippen molar-refractivity contribution in [2.24, 2.45) is 0 Å². The third kappa shape index (κ3) is 2.23. The summed E-state index contributed by atoms with van der Waals surface area (Å²) in [5.74, 6) is 0.386. The summed E-state index contributed by atoms with van der Waals surface area (Å²) in [6, 6.07) is 5.79. The Balaban J connectivity index is 2.56. The lowest BCUT2D eigenvalue weighted by Crippen LogP contribution is -2.01. The summed E-state index contributed by atoms with van der Waals surface area (Å²) < 4.78 is 1.77. The molecule has 0 saturated heterocycles. The van der Waals surface area contributed by atoms with Crippen LogP contribution in [0, 0.1) is 0 Å². The molecule has 0 fully saturated rings. The summed E-state index contributed by atoms with van der Waals surface area (Å²) in [4.78, 5) is 0. The van der Waals surface area contributed by atoms with E-state index in [1.165, 1.54) is 0 Å². The minimum absolute atomic E-state index is 0.386. The maximum atomic E-state index is 6.00. The molecule has 0 N–H and O–H groups in total. The van der Waals surface area contributed by atoms with Gasteiger partial charge in [0.25, 0.3) is 0 Å². The van der Waals surface area contributed by atoms with Gasteiger partial charge in [-0.3, -0.25) is 0 Å². The number of aromatic nitrogens is 2. The number of benzene rings is 1. The van der Waals surface area contributed by atoms with Crippen molar-refractivity contribution >= 4 is 23.2 Å². The first-order valence-corrected chi connectivity index (χ1v) is 5.83. The summed E-state index contributed by atoms with van der Waals surface area (Å²) in [7, 11) is 0. The maximum Gasteiger partial charge on any atom is 0.0790 e. The van der Waals surface area contributed by atoms with Crippen molar-refractivity contribution in [3.63, 3.8) is 0 Å². The molecule has 0 amide bonds. The Kier molecular flexibility index (Phi) is 3.22. The molecular weight excluding hydrogens is 243 g/mol. The largest absolute Gasteiger partial charge is 0.239 e. The van der Waals surface area contributed by atoms with Crippen LogP contribution in [-0.4, -0.2) is 9.78 Å². The average molecular weight is 255 g/mol. The molecule has 84 valence electrons. The van der Waals surface area contributed by atoms with E-state index in [4.69, 9.17) is 23.2 Å². The van der Waals surface area contributed by atoms with E-state index < -0.39 is 0 Å². The van der Waals surface area contributed by atoms with E-state index in [9.17, 15) is 0 Å². The second-order valence-corrected chi connectivity index (χ2v) is 4.83. The van der Waals surface area contributed by atoms with E-state index in [1.54, 1.807) is 17.1 Å². The zero-order valence-electron chi connectivity index (χ0n) is 9.11. The number of nitrogens with zero attached hydrogens (tertiary/aromatic N) is 2. The third-order valence-corrected chi connectivity index (χ3v) is 2.84. The molecule has 2 rings (SSSR count). The highest BCUT2D eigenvalue weighted by Crippen LogP contribution is 2.26. The van der Waals surface area contributed by atoms with Gasteiger partial charge in [-0.15, -0.1) is 0 Å². The van der Waals surface area contributed by atoms with Gasteiger partial charge in [-0.2, -0.15) is 5.10 Å². The Labute approximate surface area is 105 Å². The highest BCUT2D eigenvalue weighted by atomic mass is 35.5. The smallest absolute Gasteiger partial charge is 0.0790 e. The van der Waals surface area contributed by atoms with Crippen molar-refractivity contribution in [1.29, 1.82) is 0 Å². The topological polar surface area (TPSA) is 17.8 Å². The molecule has 2 nitrogen and oxygen atoms in total. The maximum absolute atomic E-state index is 6.00. The van der Waals surface area contributed by atoms with Gasteiger partial charge in [-0.25, -0.2) is 4.68 Å². The van der Waals surface area contributed by atoms with Crippen molar-refractivity contribution < 1.29 is 0 Å². The Morgan fingerprint density at radius 2 is 1.94 bits per heavy atom. The van der Waals surface area contributed by atoms with Crippen LogP contribution in [0.3, 0.4) is 0 Å². The lowest BCUT2D eigenvalue weighted by molar-refractivity contribution is 0.809. The lowest BCUT2D eigenvalue weighted by atomic mass is 10.0. The molecule has 0 spiro atoms. The van der Waals surface area contributed by atoms with Crippen molar-refractivity contribution in [1.82, 2.24) is 9.78 Å². The van der Waals surface area contributed by atoms with Gasteiger partial charge in [-0.1, -0.05) is 37.0 Å². The highest BCUT2D eigenvalue weighted by Gasteiger charge is 2.10. The summed E-state index contributed by atoms with van der Waals surface area (Å²) in [5.41, 5.74) is 2.18. The highest BCUT2D eigenvalue weighted by molar-refractivity contribution is 6.31. The summed E-state index contributed by atoms with van der Waals surface area (Å²) in [6.07, 6.45) is 3.41. The van der Waals surface area contributed by atoms with E-state index in [0.29, 0.717) is 10.9 Å². The summed E-state index contributed by atoms with van der Waals surface area (Å²) >= 11 is 11.9. The zero-order valence-corrected chi connectivity index (χ0v) is 10.6. The average Bonchev–Trinajstić information content (AvgIpc) is 2.64. The van der Waals surface area contributed by atoms with Crippen molar-refractivity contribution in [2.75, 3.05) is 0 Å². The fraction of sp³-hybridized carbons (Fsp3) is 0.250. The van der Waals surface area contributed by atoms with Crippen LogP contribution in [-0.2, 0) is 0 Å². The van der Waals surface area contributed by atoms with Gasteiger partial charge in [0.15, 0.2) is 0 Å². The molecule has 0 saturated carbocycles. The minimum Gasteiger partial charge on any atom is -0.239 e. The van der Waals surface area contributed by atoms with E-state index in [-0.39, 0.29) is 0 Å². The van der Waals surface area contributed by atoms with Crippen LogP contribution in [0.4, 0.5) is 0 Å². The Hall–Kier alpha value is -0.990. The van der Waals surface area contributed by atoms with Gasteiger partial charge >= 0.3 is 0 Å². The van der Waals surface area contributed by atoms with Crippen LogP contribution < -0.4 is 0 Å². The molecular formula is C12H12Cl2N2. The Morgan fingerprint density at radius 3 is 2.50 bits per heavy atom. The first-order valence-electron chi connectivity index (χ1n) is 5.08. The minimum atomic E-state index is 0.386. The van der Waals surface area contributed by atoms with Crippen molar-refractivity contribution in [3.05, 3.63) is 46.2 Å². The first kappa shape index (κ1) is 11.5. The monoisotopic (exact) mass is 254 g/mol. The number of halogens is 2. The first-order chi connectivity index (χ1) is 7.58. The SMILES string of the molecule is CC(C)c1cc(Cl)ccc1-n1cc(Cl)cn1. The van der Waals surface area contributed by atoms with Gasteiger partial charge in [-0.05, 0) is 29.7 Å². The number of hydrogen-bond acceptors (Lipinski definition) is 1. The van der Waals surface area contributed by atoms with E-state index in [0.717, 1.165) is 16.3 Å². The van der Waals surface area contributed by atoms with Gasteiger partial charge in [0.05, 0.1) is 16.9 Å². The normalized spacial score (nSPS) is 11.1. The quantitative estimate of drug-likeness (QED) is 0.782. The molecule has 1 heterocycles. The predicted molar refractivity (Wildman–Crippen MR) is 67.7 cm³/mol. The fourth-order valence-corrected chi connectivity index (χ4v) is 1.95. The van der Waals surface area contributed by atoms with Crippen LogP contribution >= 0.6 is 23.2 Å². The standard InChI is InChI=1S/C12H12Cl2N2/c1-8(2)11-5-9(13)3-4-12(11)16-7-10(14)6-15-16/h3-8H,1-2H3. The van der Waals surface area contributed by atoms with Crippen LogP contribution in [0.1, 0.15) is 25.3 Å². The second-order valence-electron chi connectivity index (χ2n) is 3.96. The molecule has 4 heteroatoms. The van der Waals surface area contributed by atoms with Gasteiger partial charge < -0.3 is 0 Å². The molecule has 2 aromatic rings. The Bertz CT molecular complexity index is 503. The van der Waals surface area contributed by atoms with E-state index in [2.05, 4.69) is 18.9 Å². The lowest BCUT2D eigenvalue weighted by Gasteiger charge is -2.12. The van der Waals surface area contributed by atoms with Crippen molar-refractivity contribution in [3.8, 4) is 5.69 Å². The van der Waals surface area contributed by atoms with E-state index in [1.807, 2.05) is 18.2 Å². The van der Waals surface area contributed by atoms with Crippen molar-refractivity contribution in [2.45, 2.75) is 19.8 Å². The molecule has 0 unspecified atom stereocenters. The van der Waals surface area contributed by atoms with Crippen LogP contribution in [0.15, 0.2) is 30.6 Å². The molecule has 1 aromatic carbocycles. The molecule has 0 bridgehead atoms. The van der Waals surface area contributed by atoms with Crippen LogP contribution in [0.2, 0.25) is 10.0 Å². The number of hydrogen-bond donors (Lipinski definition) is 0. The molecule has 0 atom stereocenters. The predicted octanol–water partition coefficient (Wildman–Crippen LogP) is 4.30. The summed E-state index contributed by atoms with van der Waals surface area (Å²) in [5, 5.41) is 5.57. The van der Waals surface area contributed by atoms with Gasteiger partial charge in [0.2, 0.25) is 0 Å². The van der Waals surface area contributed by atoms with E-state index >= 15 is 0 Å². The molecule has 0 radical (unpaired) electrons. The molecule has 0 aliphatic heterocycles. The van der Waals surface area contributed by atoms with Crippen LogP contribution in [0.5, 0.6) is 0 Å². The van der Waals surface area contributed by atoms with Gasteiger partial charge in [0, 0.05) is 11.2 Å². The van der Waals surface area contributed by atoms with Gasteiger partial charge in [0.1, 0.15) is 0 Å². The molecule has 1 aromatic heterocycles. The summed E-state index contributed by atoms with van der Waals surface area (Å²) in [6.45, 7) is 4.25. The molecule has 0 aliphatic rings. The second kappa shape index (κ2) is 4.48. The fourth-order valence-electron chi connectivity index (χ4n) is 1.63. The Morgan fingerprint density at radius 1 is 1.19 bits per heavy atom. The molecule has 16 heavy (non-hydrogen) atoms. The molecule has 0 aliphatic carbocycles. The zero-order chi connectivity index (χ0) is 11.7. The third-order valence-electron chi connectivity index (χ3n) is 2.41.